The summed E-state index contributed by atoms with van der Waals surface area (Å²) >= 11 is 1.38. The molecule has 5 rings (SSSR count). The lowest BCUT2D eigenvalue weighted by Crippen LogP contribution is -2.30. The van der Waals surface area contributed by atoms with Crippen LogP contribution in [0.15, 0.2) is 53.6 Å². The molecule has 2 N–H and O–H groups in total. The molecule has 0 aliphatic carbocycles. The second kappa shape index (κ2) is 12.4. The molecule has 4 aromatic rings. The van der Waals surface area contributed by atoms with Crippen LogP contribution in [0.3, 0.4) is 0 Å². The van der Waals surface area contributed by atoms with Crippen LogP contribution in [0.1, 0.15) is 37.6 Å². The summed E-state index contributed by atoms with van der Waals surface area (Å²) in [6.45, 7) is 5.72. The van der Waals surface area contributed by atoms with Gasteiger partial charge in [0.25, 0.3) is 0 Å². The summed E-state index contributed by atoms with van der Waals surface area (Å²) in [7, 11) is -2.26. The number of nitrogens with zero attached hydrogens (tertiary/aromatic N) is 4. The highest BCUT2D eigenvalue weighted by molar-refractivity contribution is 7.86. The van der Waals surface area contributed by atoms with Gasteiger partial charge in [0, 0.05) is 43.7 Å². The first-order valence-corrected chi connectivity index (χ1v) is 15.0. The zero-order chi connectivity index (χ0) is 29.1. The highest BCUT2D eigenvalue weighted by atomic mass is 32.2. The van der Waals surface area contributed by atoms with E-state index in [2.05, 4.69) is 20.0 Å². The SMILES string of the molecule is CC(C)c1nc(-c2cccc(NS(=O)c3cc(F)ccc3F)c2F)c(-c2ccnc(NCCN3CCCC3=O)n2)s1. The van der Waals surface area contributed by atoms with Crippen molar-refractivity contribution in [3.63, 3.8) is 0 Å². The van der Waals surface area contributed by atoms with Gasteiger partial charge in [-0.2, -0.15) is 0 Å². The topological polar surface area (TPSA) is 100 Å². The summed E-state index contributed by atoms with van der Waals surface area (Å²) in [4.78, 5) is 27.5. The average molecular weight is 601 g/mol. The van der Waals surface area contributed by atoms with Gasteiger partial charge in [0.2, 0.25) is 11.9 Å². The number of halogens is 3. The third-order valence-electron chi connectivity index (χ3n) is 6.41. The molecule has 41 heavy (non-hydrogen) atoms. The van der Waals surface area contributed by atoms with Crippen molar-refractivity contribution in [1.29, 1.82) is 0 Å². The van der Waals surface area contributed by atoms with E-state index >= 15 is 4.39 Å². The maximum atomic E-state index is 15.9. The van der Waals surface area contributed by atoms with Gasteiger partial charge in [-0.3, -0.25) is 9.52 Å². The minimum absolute atomic E-state index is 0.0535. The van der Waals surface area contributed by atoms with E-state index in [4.69, 9.17) is 4.98 Å². The fourth-order valence-corrected chi connectivity index (χ4v) is 6.31. The summed E-state index contributed by atoms with van der Waals surface area (Å²) in [5.41, 5.74) is 0.846. The lowest BCUT2D eigenvalue weighted by Gasteiger charge is -2.15. The van der Waals surface area contributed by atoms with Crippen LogP contribution in [0.4, 0.5) is 24.8 Å². The van der Waals surface area contributed by atoms with E-state index in [-0.39, 0.29) is 23.1 Å². The van der Waals surface area contributed by atoms with Crippen LogP contribution in [0, 0.1) is 17.5 Å². The molecular formula is C28H27F3N6O2S2. The standard InChI is InChI=1S/C28H27F3N6O2S2/c1-16(2)27-35-25(18-5-3-6-20(24(18)31)36-41(39)22-15-17(29)8-9-19(22)30)26(40-27)21-10-11-32-28(34-21)33-12-14-37-13-4-7-23(37)38/h3,5-6,8-11,15-16,36H,4,7,12-14H2,1-2H3,(H,32,33,34). The van der Waals surface area contributed by atoms with Crippen molar-refractivity contribution in [2.45, 2.75) is 37.5 Å². The molecule has 0 radical (unpaired) electrons. The Labute approximate surface area is 241 Å². The van der Waals surface area contributed by atoms with Gasteiger partial charge in [0.05, 0.1) is 31.9 Å². The Morgan fingerprint density at radius 1 is 1.12 bits per heavy atom. The average Bonchev–Trinajstić information content (AvgIpc) is 3.58. The molecule has 0 spiro atoms. The van der Waals surface area contributed by atoms with Gasteiger partial charge in [-0.1, -0.05) is 19.9 Å². The first-order chi connectivity index (χ1) is 19.7. The van der Waals surface area contributed by atoms with Gasteiger partial charge in [-0.05, 0) is 42.8 Å². The summed E-state index contributed by atoms with van der Waals surface area (Å²) in [6, 6.07) is 8.75. The molecule has 214 valence electrons. The molecule has 13 heteroatoms. The molecule has 1 aliphatic rings. The largest absolute Gasteiger partial charge is 0.352 e. The molecule has 8 nitrogen and oxygen atoms in total. The Balaban J connectivity index is 1.44. The van der Waals surface area contributed by atoms with Crippen molar-refractivity contribution >= 4 is 39.9 Å². The monoisotopic (exact) mass is 600 g/mol. The van der Waals surface area contributed by atoms with Gasteiger partial charge in [-0.15, -0.1) is 11.3 Å². The fourth-order valence-electron chi connectivity index (χ4n) is 4.32. The molecular weight excluding hydrogens is 573 g/mol. The van der Waals surface area contributed by atoms with Crippen molar-refractivity contribution in [2.24, 2.45) is 0 Å². The second-order valence-corrected chi connectivity index (χ2v) is 11.9. The van der Waals surface area contributed by atoms with Crippen molar-refractivity contribution in [1.82, 2.24) is 19.9 Å². The Bertz CT molecular complexity index is 1610. The molecule has 2 aromatic heterocycles. The van der Waals surface area contributed by atoms with Crippen LogP contribution in [0.2, 0.25) is 0 Å². The van der Waals surface area contributed by atoms with Crippen LogP contribution >= 0.6 is 11.3 Å². The second-order valence-electron chi connectivity index (χ2n) is 9.67. The summed E-state index contributed by atoms with van der Waals surface area (Å²) in [5.74, 6) is -1.83. The first-order valence-electron chi connectivity index (χ1n) is 13.0. The number of thiazole rings is 1. The number of anilines is 2. The van der Waals surface area contributed by atoms with Gasteiger partial charge in [-0.25, -0.2) is 32.3 Å². The zero-order valence-corrected chi connectivity index (χ0v) is 23.9. The van der Waals surface area contributed by atoms with Crippen LogP contribution in [-0.4, -0.2) is 49.6 Å². The van der Waals surface area contributed by atoms with Crippen LogP contribution < -0.4 is 10.0 Å². The number of benzene rings is 2. The lowest BCUT2D eigenvalue weighted by molar-refractivity contribution is -0.127. The fraction of sp³-hybridized carbons (Fsp3) is 0.286. The molecule has 1 aliphatic heterocycles. The molecule has 1 unspecified atom stereocenters. The molecule has 1 fully saturated rings. The molecule has 0 bridgehead atoms. The van der Waals surface area contributed by atoms with E-state index in [0.29, 0.717) is 41.7 Å². The van der Waals surface area contributed by atoms with E-state index in [1.165, 1.54) is 17.4 Å². The number of likely N-dealkylation sites (tertiary alicyclic amines) is 1. The predicted octanol–water partition coefficient (Wildman–Crippen LogP) is 5.98. The molecule has 0 saturated carbocycles. The highest BCUT2D eigenvalue weighted by Gasteiger charge is 2.23. The van der Waals surface area contributed by atoms with Crippen molar-refractivity contribution in [2.75, 3.05) is 29.7 Å². The minimum atomic E-state index is -2.26. The number of hydrogen-bond acceptors (Lipinski definition) is 7. The molecule has 2 aromatic carbocycles. The van der Waals surface area contributed by atoms with Gasteiger partial charge in [0.15, 0.2) is 16.8 Å². The molecule has 1 amide bonds. The summed E-state index contributed by atoms with van der Waals surface area (Å²) in [6.07, 6.45) is 3.03. The predicted molar refractivity (Wildman–Crippen MR) is 153 cm³/mol. The summed E-state index contributed by atoms with van der Waals surface area (Å²) < 4.78 is 58.9. The Morgan fingerprint density at radius 3 is 2.71 bits per heavy atom. The van der Waals surface area contributed by atoms with Crippen molar-refractivity contribution < 1.29 is 22.2 Å². The van der Waals surface area contributed by atoms with Gasteiger partial charge in [0.1, 0.15) is 11.6 Å². The summed E-state index contributed by atoms with van der Waals surface area (Å²) in [5, 5.41) is 3.91. The van der Waals surface area contributed by atoms with E-state index < -0.39 is 33.3 Å². The first kappa shape index (κ1) is 28.7. The smallest absolute Gasteiger partial charge is 0.223 e. The number of rotatable bonds is 10. The van der Waals surface area contributed by atoms with Gasteiger partial charge >= 0.3 is 0 Å². The zero-order valence-electron chi connectivity index (χ0n) is 22.3. The van der Waals surface area contributed by atoms with Crippen molar-refractivity contribution in [3.05, 3.63) is 71.1 Å². The number of carbonyl (C=O) groups excluding carboxylic acids is 1. The number of hydrogen-bond donors (Lipinski definition) is 2. The Hall–Kier alpha value is -3.84. The number of aromatic nitrogens is 3. The van der Waals surface area contributed by atoms with E-state index in [1.807, 2.05) is 13.8 Å². The van der Waals surface area contributed by atoms with Crippen molar-refractivity contribution in [3.8, 4) is 21.8 Å². The lowest BCUT2D eigenvalue weighted by atomic mass is 10.1. The Morgan fingerprint density at radius 2 is 1.95 bits per heavy atom. The maximum absolute atomic E-state index is 15.9. The van der Waals surface area contributed by atoms with E-state index in [9.17, 15) is 17.8 Å². The third-order valence-corrected chi connectivity index (χ3v) is 8.91. The third kappa shape index (κ3) is 6.41. The molecule has 3 heterocycles. The number of nitrogens with one attached hydrogen (secondary N) is 2. The maximum Gasteiger partial charge on any atom is 0.223 e. The van der Waals surface area contributed by atoms with E-state index in [1.54, 1.807) is 29.3 Å². The van der Waals surface area contributed by atoms with Crippen LogP contribution in [0.5, 0.6) is 0 Å². The van der Waals surface area contributed by atoms with E-state index in [0.717, 1.165) is 36.2 Å². The van der Waals surface area contributed by atoms with Crippen LogP contribution in [-0.2, 0) is 15.8 Å². The van der Waals surface area contributed by atoms with Crippen LogP contribution in [0.25, 0.3) is 21.8 Å². The van der Waals surface area contributed by atoms with Gasteiger partial charge < -0.3 is 10.2 Å². The molecule has 1 saturated heterocycles. The minimum Gasteiger partial charge on any atom is -0.352 e. The normalized spacial score (nSPS) is 14.1. The molecule has 1 atom stereocenters. The highest BCUT2D eigenvalue weighted by Crippen LogP contribution is 2.40. The quantitative estimate of drug-likeness (QED) is 0.233. The Kier molecular flexibility index (Phi) is 8.64. The number of carbonyl (C=O) groups is 1. The number of amides is 1.